The SMILES string of the molecule is CCCN(C(=O)CSc1nnc(-c2cccc(S(=O)(=O)N3CCCCC3)c2)o1)C1=CCCC1. The highest BCUT2D eigenvalue weighted by molar-refractivity contribution is 7.99. The highest BCUT2D eigenvalue weighted by Gasteiger charge is 2.27. The minimum atomic E-state index is -3.55. The third-order valence-electron chi connectivity index (χ3n) is 5.87. The monoisotopic (exact) mass is 490 g/mol. The molecule has 1 aliphatic carbocycles. The fourth-order valence-electron chi connectivity index (χ4n) is 4.18. The molecule has 0 N–H and O–H groups in total. The number of carbonyl (C=O) groups is 1. The summed E-state index contributed by atoms with van der Waals surface area (Å²) < 4.78 is 33.3. The fourth-order valence-corrected chi connectivity index (χ4v) is 6.38. The number of hydrogen-bond donors (Lipinski definition) is 0. The average Bonchev–Trinajstić information content (AvgIpc) is 3.54. The van der Waals surface area contributed by atoms with Crippen molar-refractivity contribution < 1.29 is 17.6 Å². The van der Waals surface area contributed by atoms with Crippen LogP contribution < -0.4 is 0 Å². The molecule has 0 spiro atoms. The molecule has 1 amide bonds. The van der Waals surface area contributed by atoms with Crippen LogP contribution in [0, 0.1) is 0 Å². The van der Waals surface area contributed by atoms with Crippen molar-refractivity contribution in [1.29, 1.82) is 0 Å². The first-order valence-electron chi connectivity index (χ1n) is 11.6. The predicted octanol–water partition coefficient (Wildman–Crippen LogP) is 4.31. The Morgan fingerprint density at radius 3 is 2.73 bits per heavy atom. The molecule has 0 radical (unpaired) electrons. The summed E-state index contributed by atoms with van der Waals surface area (Å²) >= 11 is 1.20. The van der Waals surface area contributed by atoms with E-state index in [1.807, 2.05) is 4.90 Å². The van der Waals surface area contributed by atoms with Crippen LogP contribution >= 0.6 is 11.8 Å². The van der Waals surface area contributed by atoms with Crippen molar-refractivity contribution in [2.75, 3.05) is 25.4 Å². The molecule has 33 heavy (non-hydrogen) atoms. The van der Waals surface area contributed by atoms with E-state index in [9.17, 15) is 13.2 Å². The van der Waals surface area contributed by atoms with Gasteiger partial charge in [-0.1, -0.05) is 37.2 Å². The molecular weight excluding hydrogens is 460 g/mol. The summed E-state index contributed by atoms with van der Waals surface area (Å²) in [4.78, 5) is 14.9. The summed E-state index contributed by atoms with van der Waals surface area (Å²) in [6.45, 7) is 3.87. The molecule has 1 aromatic carbocycles. The molecule has 4 rings (SSSR count). The molecule has 1 aromatic heterocycles. The number of hydrogen-bond acceptors (Lipinski definition) is 7. The van der Waals surface area contributed by atoms with Gasteiger partial charge in [-0.25, -0.2) is 8.42 Å². The van der Waals surface area contributed by atoms with Gasteiger partial charge >= 0.3 is 0 Å². The number of sulfonamides is 1. The van der Waals surface area contributed by atoms with Crippen LogP contribution in [-0.4, -0.2) is 59.1 Å². The molecule has 2 heterocycles. The number of amides is 1. The highest BCUT2D eigenvalue weighted by atomic mass is 32.2. The Morgan fingerprint density at radius 2 is 2.00 bits per heavy atom. The number of piperidine rings is 1. The first-order chi connectivity index (χ1) is 16.0. The first-order valence-corrected chi connectivity index (χ1v) is 14.0. The Hall–Kier alpha value is -2.17. The van der Waals surface area contributed by atoms with Gasteiger partial charge in [-0.15, -0.1) is 10.2 Å². The highest BCUT2D eigenvalue weighted by Crippen LogP contribution is 2.28. The van der Waals surface area contributed by atoms with Crippen LogP contribution in [0.4, 0.5) is 0 Å². The maximum Gasteiger partial charge on any atom is 0.277 e. The summed E-state index contributed by atoms with van der Waals surface area (Å²) in [5.41, 5.74) is 1.66. The van der Waals surface area contributed by atoms with Crippen molar-refractivity contribution in [1.82, 2.24) is 19.4 Å². The number of benzene rings is 1. The number of nitrogens with zero attached hydrogens (tertiary/aromatic N) is 4. The third-order valence-corrected chi connectivity index (χ3v) is 8.57. The first kappa shape index (κ1) is 24.0. The van der Waals surface area contributed by atoms with Crippen LogP contribution in [0.2, 0.25) is 0 Å². The number of aromatic nitrogens is 2. The van der Waals surface area contributed by atoms with Gasteiger partial charge in [-0.05, 0) is 56.7 Å². The number of thioether (sulfide) groups is 1. The van der Waals surface area contributed by atoms with Gasteiger partial charge < -0.3 is 9.32 Å². The second-order valence-electron chi connectivity index (χ2n) is 8.29. The smallest absolute Gasteiger partial charge is 0.277 e. The lowest BCUT2D eigenvalue weighted by atomic mass is 10.2. The second kappa shape index (κ2) is 10.8. The molecule has 0 saturated carbocycles. The van der Waals surface area contributed by atoms with Gasteiger partial charge in [-0.3, -0.25) is 4.79 Å². The Kier molecular flexibility index (Phi) is 7.87. The van der Waals surface area contributed by atoms with Crippen LogP contribution in [0.3, 0.4) is 0 Å². The van der Waals surface area contributed by atoms with Gasteiger partial charge in [-0.2, -0.15) is 4.31 Å². The van der Waals surface area contributed by atoms with Crippen molar-refractivity contribution in [2.24, 2.45) is 0 Å². The molecule has 10 heteroatoms. The van der Waals surface area contributed by atoms with Crippen LogP contribution in [-0.2, 0) is 14.8 Å². The van der Waals surface area contributed by atoms with Crippen LogP contribution in [0.15, 0.2) is 50.6 Å². The normalized spacial score (nSPS) is 17.2. The molecule has 0 bridgehead atoms. The van der Waals surface area contributed by atoms with Crippen LogP contribution in [0.5, 0.6) is 0 Å². The lowest BCUT2D eigenvalue weighted by Gasteiger charge is -2.25. The summed E-state index contributed by atoms with van der Waals surface area (Å²) in [6, 6.07) is 6.60. The number of carbonyl (C=O) groups excluding carboxylic acids is 1. The number of allylic oxidation sites excluding steroid dienone is 2. The summed E-state index contributed by atoms with van der Waals surface area (Å²) in [5.74, 6) is 0.483. The van der Waals surface area contributed by atoms with Crippen molar-refractivity contribution in [3.05, 3.63) is 36.0 Å². The second-order valence-corrected chi connectivity index (χ2v) is 11.2. The van der Waals surface area contributed by atoms with E-state index in [0.29, 0.717) is 30.4 Å². The van der Waals surface area contributed by atoms with Crippen molar-refractivity contribution in [3.63, 3.8) is 0 Å². The maximum atomic E-state index is 13.0. The molecule has 1 aliphatic heterocycles. The lowest BCUT2D eigenvalue weighted by molar-refractivity contribution is -0.126. The fraction of sp³-hybridized carbons (Fsp3) is 0.522. The Morgan fingerprint density at radius 1 is 1.18 bits per heavy atom. The Labute approximate surface area is 199 Å². The average molecular weight is 491 g/mol. The van der Waals surface area contributed by atoms with Gasteiger partial charge in [0.1, 0.15) is 0 Å². The van der Waals surface area contributed by atoms with Gasteiger partial charge in [0.05, 0.1) is 10.6 Å². The minimum absolute atomic E-state index is 0.0318. The van der Waals surface area contributed by atoms with E-state index >= 15 is 0 Å². The van der Waals surface area contributed by atoms with E-state index in [1.165, 1.54) is 16.1 Å². The van der Waals surface area contributed by atoms with E-state index in [-0.39, 0.29) is 22.4 Å². The van der Waals surface area contributed by atoms with Crippen molar-refractivity contribution in [3.8, 4) is 11.5 Å². The molecular formula is C23H30N4O4S2. The van der Waals surface area contributed by atoms with Crippen molar-refractivity contribution >= 4 is 27.7 Å². The maximum absolute atomic E-state index is 13.0. The van der Waals surface area contributed by atoms with Crippen LogP contribution in [0.25, 0.3) is 11.5 Å². The molecule has 2 aromatic rings. The standard InChI is InChI=1S/C23H30N4O4S2/c1-2-13-27(19-10-4-5-11-19)21(28)17-32-23-25-24-22(31-23)18-9-8-12-20(16-18)33(29,30)26-14-6-3-7-15-26/h8-10,12,16H,2-7,11,13-15,17H2,1H3. The van der Waals surface area contributed by atoms with E-state index < -0.39 is 10.0 Å². The summed E-state index contributed by atoms with van der Waals surface area (Å²) in [5, 5.41) is 8.42. The quantitative estimate of drug-likeness (QED) is 0.483. The zero-order valence-corrected chi connectivity index (χ0v) is 20.5. The zero-order valence-electron chi connectivity index (χ0n) is 18.9. The van der Waals surface area contributed by atoms with E-state index in [0.717, 1.165) is 50.6 Å². The molecule has 1 saturated heterocycles. The minimum Gasteiger partial charge on any atom is -0.411 e. The molecule has 2 aliphatic rings. The van der Waals surface area contributed by atoms with Gasteiger partial charge in [0.25, 0.3) is 5.22 Å². The van der Waals surface area contributed by atoms with E-state index in [4.69, 9.17) is 4.42 Å². The zero-order chi connectivity index (χ0) is 23.3. The van der Waals surface area contributed by atoms with E-state index in [1.54, 1.807) is 24.3 Å². The van der Waals surface area contributed by atoms with Gasteiger partial charge in [0.15, 0.2) is 0 Å². The molecule has 1 fully saturated rings. The Balaban J connectivity index is 1.43. The topological polar surface area (TPSA) is 96.6 Å². The van der Waals surface area contributed by atoms with Crippen LogP contribution in [0.1, 0.15) is 51.9 Å². The Bertz CT molecular complexity index is 1110. The largest absolute Gasteiger partial charge is 0.411 e. The molecule has 0 unspecified atom stereocenters. The molecule has 178 valence electrons. The number of rotatable bonds is 9. The molecule has 0 atom stereocenters. The van der Waals surface area contributed by atoms with Gasteiger partial charge in [0.2, 0.25) is 21.8 Å². The summed E-state index contributed by atoms with van der Waals surface area (Å²) in [6.07, 6.45) is 8.93. The lowest BCUT2D eigenvalue weighted by Crippen LogP contribution is -2.35. The summed E-state index contributed by atoms with van der Waals surface area (Å²) in [7, 11) is -3.55. The van der Waals surface area contributed by atoms with E-state index in [2.05, 4.69) is 23.2 Å². The van der Waals surface area contributed by atoms with Crippen molar-refractivity contribution in [2.45, 2.75) is 62.0 Å². The molecule has 8 nitrogen and oxygen atoms in total. The third kappa shape index (κ3) is 5.67. The predicted molar refractivity (Wildman–Crippen MR) is 127 cm³/mol. The van der Waals surface area contributed by atoms with Gasteiger partial charge in [0, 0.05) is 30.9 Å².